The van der Waals surface area contributed by atoms with Crippen LogP contribution in [0.3, 0.4) is 0 Å². The summed E-state index contributed by atoms with van der Waals surface area (Å²) >= 11 is 0. The molecule has 4 rings (SSSR count). The lowest BCUT2D eigenvalue weighted by atomic mass is 10.1. The predicted octanol–water partition coefficient (Wildman–Crippen LogP) is 3.33. The first-order valence-corrected chi connectivity index (χ1v) is 12.0. The van der Waals surface area contributed by atoms with E-state index in [1.165, 1.54) is 13.0 Å². The van der Waals surface area contributed by atoms with Gasteiger partial charge in [-0.1, -0.05) is 12.1 Å². The van der Waals surface area contributed by atoms with E-state index in [9.17, 15) is 18.0 Å². The standard InChI is InChI=1S/C23H27N3O4S/c1-15-7-6-8-20(23(28)25-11-4-5-12-25)22(15)24-31(29,30)19-9-10-21-18(14-19)13-16(2)26(21)17(3)27/h6-10,14,16,24H,4-5,11-13H2,1-3H3. The molecule has 1 saturated heterocycles. The topological polar surface area (TPSA) is 86.8 Å². The number of aryl methyl sites for hydroxylation is 1. The Bertz CT molecular complexity index is 1150. The van der Waals surface area contributed by atoms with E-state index in [0.29, 0.717) is 36.3 Å². The van der Waals surface area contributed by atoms with Crippen molar-refractivity contribution in [3.63, 3.8) is 0 Å². The lowest BCUT2D eigenvalue weighted by Gasteiger charge is -2.21. The Morgan fingerprint density at radius 3 is 2.48 bits per heavy atom. The molecule has 8 heteroatoms. The molecule has 2 aliphatic heterocycles. The van der Waals surface area contributed by atoms with Crippen molar-refractivity contribution in [2.45, 2.75) is 51.0 Å². The van der Waals surface area contributed by atoms with E-state index < -0.39 is 10.0 Å². The number of nitrogens with zero attached hydrogens (tertiary/aromatic N) is 2. The van der Waals surface area contributed by atoms with Gasteiger partial charge in [-0.3, -0.25) is 14.3 Å². The Morgan fingerprint density at radius 1 is 1.10 bits per heavy atom. The number of carbonyl (C=O) groups is 2. The second kappa shape index (κ2) is 8.00. The maximum absolute atomic E-state index is 13.2. The van der Waals surface area contributed by atoms with E-state index in [1.54, 1.807) is 47.1 Å². The molecular weight excluding hydrogens is 414 g/mol. The van der Waals surface area contributed by atoms with E-state index in [-0.39, 0.29) is 22.8 Å². The number of likely N-dealkylation sites (tertiary alicyclic amines) is 1. The molecule has 2 aromatic rings. The van der Waals surface area contributed by atoms with Gasteiger partial charge >= 0.3 is 0 Å². The third-order valence-electron chi connectivity index (χ3n) is 6.05. The van der Waals surface area contributed by atoms with Crippen LogP contribution in [0.2, 0.25) is 0 Å². The third kappa shape index (κ3) is 3.92. The highest BCUT2D eigenvalue weighted by Gasteiger charge is 2.31. The predicted molar refractivity (Wildman–Crippen MR) is 120 cm³/mol. The fraction of sp³-hybridized carbons (Fsp3) is 0.391. The van der Waals surface area contributed by atoms with Gasteiger partial charge in [-0.15, -0.1) is 0 Å². The summed E-state index contributed by atoms with van der Waals surface area (Å²) in [7, 11) is -3.92. The number of para-hydroxylation sites is 1. The molecule has 1 atom stereocenters. The maximum Gasteiger partial charge on any atom is 0.261 e. The van der Waals surface area contributed by atoms with Crippen molar-refractivity contribution in [3.8, 4) is 0 Å². The zero-order valence-electron chi connectivity index (χ0n) is 18.0. The average Bonchev–Trinajstić information content (AvgIpc) is 3.35. The second-order valence-electron chi connectivity index (χ2n) is 8.33. The highest BCUT2D eigenvalue weighted by atomic mass is 32.2. The summed E-state index contributed by atoms with van der Waals surface area (Å²) < 4.78 is 29.1. The fourth-order valence-corrected chi connectivity index (χ4v) is 5.72. The minimum Gasteiger partial charge on any atom is -0.339 e. The van der Waals surface area contributed by atoms with Crippen LogP contribution in [0.25, 0.3) is 0 Å². The van der Waals surface area contributed by atoms with Crippen molar-refractivity contribution in [3.05, 3.63) is 53.1 Å². The normalized spacial score (nSPS) is 18.2. The first kappa shape index (κ1) is 21.4. The zero-order valence-corrected chi connectivity index (χ0v) is 18.8. The zero-order chi connectivity index (χ0) is 22.3. The molecule has 0 radical (unpaired) electrons. The molecule has 0 saturated carbocycles. The highest BCUT2D eigenvalue weighted by Crippen LogP contribution is 2.35. The van der Waals surface area contributed by atoms with Gasteiger partial charge in [-0.2, -0.15) is 0 Å². The van der Waals surface area contributed by atoms with Crippen LogP contribution in [0.4, 0.5) is 11.4 Å². The first-order valence-electron chi connectivity index (χ1n) is 10.5. The van der Waals surface area contributed by atoms with Gasteiger partial charge in [0.15, 0.2) is 0 Å². The Hall–Kier alpha value is -2.87. The molecule has 31 heavy (non-hydrogen) atoms. The number of nitrogens with one attached hydrogen (secondary N) is 1. The number of rotatable bonds is 4. The number of amides is 2. The number of hydrogen-bond donors (Lipinski definition) is 1. The number of sulfonamides is 1. The molecule has 164 valence electrons. The van der Waals surface area contributed by atoms with E-state index in [4.69, 9.17) is 0 Å². The summed E-state index contributed by atoms with van der Waals surface area (Å²) in [6.45, 7) is 6.61. The summed E-state index contributed by atoms with van der Waals surface area (Å²) in [6.07, 6.45) is 2.52. The highest BCUT2D eigenvalue weighted by molar-refractivity contribution is 7.92. The quantitative estimate of drug-likeness (QED) is 0.789. The van der Waals surface area contributed by atoms with Crippen molar-refractivity contribution in [1.82, 2.24) is 4.90 Å². The number of anilines is 2. The van der Waals surface area contributed by atoms with Gasteiger partial charge in [-0.25, -0.2) is 8.42 Å². The van der Waals surface area contributed by atoms with E-state index in [0.717, 1.165) is 24.1 Å². The van der Waals surface area contributed by atoms with Crippen LogP contribution >= 0.6 is 0 Å². The lowest BCUT2D eigenvalue weighted by molar-refractivity contribution is -0.116. The third-order valence-corrected chi connectivity index (χ3v) is 7.40. The second-order valence-corrected chi connectivity index (χ2v) is 10.0. The Morgan fingerprint density at radius 2 is 1.81 bits per heavy atom. The van der Waals surface area contributed by atoms with Gasteiger partial charge in [0.2, 0.25) is 5.91 Å². The monoisotopic (exact) mass is 441 g/mol. The molecule has 2 amide bonds. The molecule has 0 spiro atoms. The summed E-state index contributed by atoms with van der Waals surface area (Å²) in [6, 6.07) is 10.0. The number of hydrogen-bond acceptors (Lipinski definition) is 4. The van der Waals surface area contributed by atoms with Crippen molar-refractivity contribution >= 4 is 33.2 Å². The Labute approximate surface area is 183 Å². The van der Waals surface area contributed by atoms with Crippen molar-refractivity contribution < 1.29 is 18.0 Å². The maximum atomic E-state index is 13.2. The molecule has 2 heterocycles. The minimum atomic E-state index is -3.92. The van der Waals surface area contributed by atoms with Crippen LogP contribution in [0.1, 0.15) is 48.2 Å². The van der Waals surface area contributed by atoms with Crippen molar-refractivity contribution in [1.29, 1.82) is 0 Å². The van der Waals surface area contributed by atoms with Crippen molar-refractivity contribution in [2.75, 3.05) is 22.7 Å². The lowest BCUT2D eigenvalue weighted by Crippen LogP contribution is -2.33. The summed E-state index contributed by atoms with van der Waals surface area (Å²) in [5, 5.41) is 0. The van der Waals surface area contributed by atoms with E-state index in [1.807, 2.05) is 6.92 Å². The minimum absolute atomic E-state index is 0.0144. The molecule has 0 aliphatic carbocycles. The number of benzene rings is 2. The van der Waals surface area contributed by atoms with Gasteiger partial charge < -0.3 is 9.80 Å². The Balaban J connectivity index is 1.67. The average molecular weight is 442 g/mol. The van der Waals surface area contributed by atoms with Gasteiger partial charge in [0.05, 0.1) is 16.1 Å². The SMILES string of the molecule is CC(=O)N1c2ccc(S(=O)(=O)Nc3c(C)cccc3C(=O)N3CCCC3)cc2CC1C. The van der Waals surface area contributed by atoms with Gasteiger partial charge in [-0.05, 0) is 68.5 Å². The molecule has 7 nitrogen and oxygen atoms in total. The number of carbonyl (C=O) groups excluding carboxylic acids is 2. The summed E-state index contributed by atoms with van der Waals surface area (Å²) in [5.41, 5.74) is 2.94. The van der Waals surface area contributed by atoms with Gasteiger partial charge in [0.25, 0.3) is 15.9 Å². The van der Waals surface area contributed by atoms with Gasteiger partial charge in [0.1, 0.15) is 0 Å². The van der Waals surface area contributed by atoms with Crippen LogP contribution in [-0.2, 0) is 21.2 Å². The van der Waals surface area contributed by atoms with Crippen molar-refractivity contribution in [2.24, 2.45) is 0 Å². The summed E-state index contributed by atoms with van der Waals surface area (Å²) in [5.74, 6) is -0.219. The molecular formula is C23H27N3O4S. The molecule has 2 aromatic carbocycles. The smallest absolute Gasteiger partial charge is 0.261 e. The summed E-state index contributed by atoms with van der Waals surface area (Å²) in [4.78, 5) is 28.5. The molecule has 0 bridgehead atoms. The van der Waals surface area contributed by atoms with Crippen LogP contribution < -0.4 is 9.62 Å². The van der Waals surface area contributed by atoms with Crippen LogP contribution in [0.5, 0.6) is 0 Å². The van der Waals surface area contributed by atoms with Crippen LogP contribution in [-0.4, -0.2) is 44.3 Å². The Kier molecular flexibility index (Phi) is 5.51. The molecule has 1 N–H and O–H groups in total. The van der Waals surface area contributed by atoms with E-state index in [2.05, 4.69) is 4.72 Å². The van der Waals surface area contributed by atoms with E-state index >= 15 is 0 Å². The largest absolute Gasteiger partial charge is 0.339 e. The molecule has 1 unspecified atom stereocenters. The van der Waals surface area contributed by atoms with Crippen LogP contribution in [0.15, 0.2) is 41.3 Å². The fourth-order valence-electron chi connectivity index (χ4n) is 4.52. The molecule has 1 fully saturated rings. The number of fused-ring (bicyclic) bond motifs is 1. The molecule has 2 aliphatic rings. The first-order chi connectivity index (χ1) is 14.7. The van der Waals surface area contributed by atoms with Gasteiger partial charge in [0, 0.05) is 31.7 Å². The molecule has 0 aromatic heterocycles. The van der Waals surface area contributed by atoms with Crippen LogP contribution in [0, 0.1) is 6.92 Å².